The van der Waals surface area contributed by atoms with Crippen molar-refractivity contribution in [3.8, 4) is 0 Å². The Morgan fingerprint density at radius 3 is 2.96 bits per heavy atom. The van der Waals surface area contributed by atoms with Crippen LogP contribution in [0.5, 0.6) is 0 Å². The minimum absolute atomic E-state index is 0.145. The Morgan fingerprint density at radius 2 is 2.29 bits per heavy atom. The molecule has 1 saturated heterocycles. The van der Waals surface area contributed by atoms with Gasteiger partial charge in [0.2, 0.25) is 17.7 Å². The predicted molar refractivity (Wildman–Crippen MR) is 87.9 cm³/mol. The first-order valence-corrected chi connectivity index (χ1v) is 8.51. The molecule has 1 aliphatic heterocycles. The molecule has 1 unspecified atom stereocenters. The van der Waals surface area contributed by atoms with Crippen LogP contribution in [0.3, 0.4) is 0 Å². The van der Waals surface area contributed by atoms with E-state index in [1.165, 1.54) is 0 Å². The highest BCUT2D eigenvalue weighted by Gasteiger charge is 2.39. The average Bonchev–Trinajstić information content (AvgIpc) is 3.25. The van der Waals surface area contributed by atoms with Gasteiger partial charge >= 0.3 is 0 Å². The number of carbonyl (C=O) groups excluding carboxylic acids is 3. The SMILES string of the molecule is Cn1cc(CC2CC(=O)N(CC(=O)NCc3cccs3)C2=O)cn1. The van der Waals surface area contributed by atoms with Crippen molar-refractivity contribution in [3.05, 3.63) is 40.3 Å². The third kappa shape index (κ3) is 3.70. The number of thiophene rings is 1. The maximum Gasteiger partial charge on any atom is 0.240 e. The molecule has 0 aromatic carbocycles. The molecule has 3 rings (SSSR count). The van der Waals surface area contributed by atoms with Crippen LogP contribution in [-0.2, 0) is 34.4 Å². The molecule has 1 fully saturated rings. The molecular formula is C16H18N4O3S. The third-order valence-corrected chi connectivity index (χ3v) is 4.80. The molecule has 3 amide bonds. The van der Waals surface area contributed by atoms with Gasteiger partial charge in [0.05, 0.1) is 18.7 Å². The second kappa shape index (κ2) is 6.96. The van der Waals surface area contributed by atoms with Crippen LogP contribution >= 0.6 is 11.3 Å². The average molecular weight is 346 g/mol. The number of likely N-dealkylation sites (tertiary alicyclic amines) is 1. The van der Waals surface area contributed by atoms with Crippen molar-refractivity contribution in [2.24, 2.45) is 13.0 Å². The summed E-state index contributed by atoms with van der Waals surface area (Å²) in [5.41, 5.74) is 0.910. The molecule has 2 aromatic heterocycles. The van der Waals surface area contributed by atoms with Gasteiger partial charge in [-0.25, -0.2) is 0 Å². The summed E-state index contributed by atoms with van der Waals surface area (Å²) in [4.78, 5) is 38.5. The number of rotatable bonds is 6. The molecule has 1 aliphatic rings. The highest BCUT2D eigenvalue weighted by molar-refractivity contribution is 7.09. The lowest BCUT2D eigenvalue weighted by molar-refractivity contribution is -0.143. The zero-order valence-corrected chi connectivity index (χ0v) is 14.1. The number of hydrogen-bond acceptors (Lipinski definition) is 5. The molecule has 8 heteroatoms. The van der Waals surface area contributed by atoms with Crippen molar-refractivity contribution in [2.75, 3.05) is 6.54 Å². The Labute approximate surface area is 143 Å². The lowest BCUT2D eigenvalue weighted by Gasteiger charge is -2.14. The molecule has 0 bridgehead atoms. The smallest absolute Gasteiger partial charge is 0.240 e. The quantitative estimate of drug-likeness (QED) is 0.781. The van der Waals surface area contributed by atoms with Gasteiger partial charge in [-0.15, -0.1) is 11.3 Å². The second-order valence-electron chi connectivity index (χ2n) is 5.80. The second-order valence-corrected chi connectivity index (χ2v) is 6.83. The van der Waals surface area contributed by atoms with E-state index in [-0.39, 0.29) is 30.7 Å². The number of nitrogens with zero attached hydrogens (tertiary/aromatic N) is 3. The summed E-state index contributed by atoms with van der Waals surface area (Å²) in [6, 6.07) is 3.82. The molecule has 1 atom stereocenters. The lowest BCUT2D eigenvalue weighted by Crippen LogP contribution is -2.40. The molecule has 0 spiro atoms. The van der Waals surface area contributed by atoms with Gasteiger partial charge in [0.15, 0.2) is 0 Å². The monoisotopic (exact) mass is 346 g/mol. The van der Waals surface area contributed by atoms with Crippen molar-refractivity contribution in [1.82, 2.24) is 20.0 Å². The zero-order valence-electron chi connectivity index (χ0n) is 13.3. The Balaban J connectivity index is 1.54. The zero-order chi connectivity index (χ0) is 17.1. The Hall–Kier alpha value is -2.48. The number of amides is 3. The maximum absolute atomic E-state index is 12.4. The highest BCUT2D eigenvalue weighted by atomic mass is 32.1. The van der Waals surface area contributed by atoms with E-state index in [0.717, 1.165) is 15.3 Å². The van der Waals surface area contributed by atoms with Crippen molar-refractivity contribution >= 4 is 29.1 Å². The van der Waals surface area contributed by atoms with Gasteiger partial charge in [-0.3, -0.25) is 24.0 Å². The first-order valence-electron chi connectivity index (χ1n) is 7.63. The van der Waals surface area contributed by atoms with Gasteiger partial charge in [-0.05, 0) is 23.4 Å². The van der Waals surface area contributed by atoms with Crippen LogP contribution in [0.25, 0.3) is 0 Å². The first-order chi connectivity index (χ1) is 11.5. The summed E-state index contributed by atoms with van der Waals surface area (Å²) >= 11 is 1.54. The Bertz CT molecular complexity index is 753. The fourth-order valence-electron chi connectivity index (χ4n) is 2.74. The van der Waals surface area contributed by atoms with Crippen molar-refractivity contribution < 1.29 is 14.4 Å². The Kier molecular flexibility index (Phi) is 4.75. The molecule has 0 aliphatic carbocycles. The number of hydrogen-bond donors (Lipinski definition) is 1. The van der Waals surface area contributed by atoms with E-state index in [0.29, 0.717) is 13.0 Å². The topological polar surface area (TPSA) is 84.3 Å². The standard InChI is InChI=1S/C16H18N4O3S/c1-19-9-11(7-18-19)5-12-6-15(22)20(16(12)23)10-14(21)17-8-13-3-2-4-24-13/h2-4,7,9,12H,5-6,8,10H2,1H3,(H,17,21). The van der Waals surface area contributed by atoms with Gasteiger partial charge in [0.25, 0.3) is 0 Å². The van der Waals surface area contributed by atoms with E-state index >= 15 is 0 Å². The van der Waals surface area contributed by atoms with E-state index in [1.54, 1.807) is 29.3 Å². The van der Waals surface area contributed by atoms with Crippen LogP contribution in [0.1, 0.15) is 16.9 Å². The molecule has 0 radical (unpaired) electrons. The first kappa shape index (κ1) is 16.4. The molecule has 1 N–H and O–H groups in total. The van der Waals surface area contributed by atoms with Gasteiger partial charge in [-0.2, -0.15) is 5.10 Å². The third-order valence-electron chi connectivity index (χ3n) is 3.92. The number of imide groups is 1. The van der Waals surface area contributed by atoms with Crippen LogP contribution in [0.2, 0.25) is 0 Å². The van der Waals surface area contributed by atoms with Gasteiger partial charge in [-0.1, -0.05) is 6.07 Å². The van der Waals surface area contributed by atoms with E-state index in [2.05, 4.69) is 10.4 Å². The van der Waals surface area contributed by atoms with E-state index in [1.807, 2.05) is 23.7 Å². The maximum atomic E-state index is 12.4. The van der Waals surface area contributed by atoms with Crippen LogP contribution < -0.4 is 5.32 Å². The van der Waals surface area contributed by atoms with Crippen LogP contribution in [0, 0.1) is 5.92 Å². The van der Waals surface area contributed by atoms with Gasteiger partial charge in [0.1, 0.15) is 6.54 Å². The minimum Gasteiger partial charge on any atom is -0.350 e. The number of nitrogens with one attached hydrogen (secondary N) is 1. The van der Waals surface area contributed by atoms with Crippen LogP contribution in [0.15, 0.2) is 29.9 Å². The van der Waals surface area contributed by atoms with E-state index < -0.39 is 5.92 Å². The van der Waals surface area contributed by atoms with Crippen LogP contribution in [0.4, 0.5) is 0 Å². The fourth-order valence-corrected chi connectivity index (χ4v) is 3.38. The van der Waals surface area contributed by atoms with Crippen molar-refractivity contribution in [3.63, 3.8) is 0 Å². The summed E-state index contributed by atoms with van der Waals surface area (Å²) in [6.07, 6.45) is 4.12. The number of aromatic nitrogens is 2. The molecule has 7 nitrogen and oxygen atoms in total. The molecule has 126 valence electrons. The minimum atomic E-state index is -0.410. The van der Waals surface area contributed by atoms with Crippen LogP contribution in [-0.4, -0.2) is 38.9 Å². The molecule has 24 heavy (non-hydrogen) atoms. The number of carbonyl (C=O) groups is 3. The number of aryl methyl sites for hydroxylation is 1. The molecule has 0 saturated carbocycles. The van der Waals surface area contributed by atoms with E-state index in [4.69, 9.17) is 0 Å². The van der Waals surface area contributed by atoms with Crippen molar-refractivity contribution in [1.29, 1.82) is 0 Å². The normalized spacial score (nSPS) is 17.5. The fraction of sp³-hybridized carbons (Fsp3) is 0.375. The summed E-state index contributed by atoms with van der Waals surface area (Å²) in [6.45, 7) is 0.193. The predicted octanol–water partition coefficient (Wildman–Crippen LogP) is 0.716. The molecular weight excluding hydrogens is 328 g/mol. The molecule has 2 aromatic rings. The summed E-state index contributed by atoms with van der Waals surface area (Å²) in [5.74, 6) is -1.31. The van der Waals surface area contributed by atoms with Gasteiger partial charge < -0.3 is 5.32 Å². The summed E-state index contributed by atoms with van der Waals surface area (Å²) in [7, 11) is 1.80. The van der Waals surface area contributed by atoms with Gasteiger partial charge in [0, 0.05) is 24.5 Å². The summed E-state index contributed by atoms with van der Waals surface area (Å²) < 4.78 is 1.66. The Morgan fingerprint density at radius 1 is 1.46 bits per heavy atom. The highest BCUT2D eigenvalue weighted by Crippen LogP contribution is 2.23. The van der Waals surface area contributed by atoms with E-state index in [9.17, 15) is 14.4 Å². The largest absolute Gasteiger partial charge is 0.350 e. The van der Waals surface area contributed by atoms with Crippen molar-refractivity contribution in [2.45, 2.75) is 19.4 Å². The lowest BCUT2D eigenvalue weighted by atomic mass is 10.0. The molecule has 3 heterocycles. The summed E-state index contributed by atoms with van der Waals surface area (Å²) in [5, 5.41) is 8.72.